The van der Waals surface area contributed by atoms with Crippen LogP contribution in [0.2, 0.25) is 10.0 Å². The zero-order chi connectivity index (χ0) is 15.2. The first-order chi connectivity index (χ1) is 9.90. The van der Waals surface area contributed by atoms with Crippen LogP contribution in [0.1, 0.15) is 0 Å². The number of fused-ring (bicyclic) bond motifs is 1. The SMILES string of the molecule is Nc1[nH]ncc1S(=O)(=O)Nc1c(Cl)cc(Cl)c2nsnc12. The highest BCUT2D eigenvalue weighted by Gasteiger charge is 2.23. The van der Waals surface area contributed by atoms with Crippen LogP contribution in [0.25, 0.3) is 11.0 Å². The Labute approximate surface area is 132 Å². The molecule has 21 heavy (non-hydrogen) atoms. The average Bonchev–Trinajstić information content (AvgIpc) is 3.03. The Balaban J connectivity index is 2.15. The number of nitrogens with two attached hydrogens (primary N) is 1. The van der Waals surface area contributed by atoms with Crippen molar-refractivity contribution in [2.24, 2.45) is 0 Å². The summed E-state index contributed by atoms with van der Waals surface area (Å²) < 4.78 is 34.9. The van der Waals surface area contributed by atoms with E-state index in [0.29, 0.717) is 5.52 Å². The Morgan fingerprint density at radius 2 is 1.95 bits per heavy atom. The molecule has 110 valence electrons. The normalized spacial score (nSPS) is 11.9. The summed E-state index contributed by atoms with van der Waals surface area (Å²) >= 11 is 12.9. The van der Waals surface area contributed by atoms with Gasteiger partial charge in [0.2, 0.25) is 0 Å². The maximum Gasteiger partial charge on any atom is 0.267 e. The molecule has 3 aromatic rings. The number of aromatic amines is 1. The molecule has 3 rings (SSSR count). The van der Waals surface area contributed by atoms with Crippen molar-refractivity contribution in [1.29, 1.82) is 0 Å². The Morgan fingerprint density at radius 1 is 1.24 bits per heavy atom. The van der Waals surface area contributed by atoms with Gasteiger partial charge in [-0.05, 0) is 6.07 Å². The van der Waals surface area contributed by atoms with E-state index in [1.54, 1.807) is 0 Å². The van der Waals surface area contributed by atoms with Gasteiger partial charge in [-0.2, -0.15) is 13.8 Å². The minimum atomic E-state index is -3.96. The molecule has 0 amide bonds. The molecule has 0 aliphatic heterocycles. The number of hydrogen-bond donors (Lipinski definition) is 3. The smallest absolute Gasteiger partial charge is 0.267 e. The molecule has 2 heterocycles. The first-order valence-corrected chi connectivity index (χ1v) is 8.29. The van der Waals surface area contributed by atoms with E-state index < -0.39 is 10.0 Å². The lowest BCUT2D eigenvalue weighted by Crippen LogP contribution is -2.14. The van der Waals surface area contributed by atoms with Gasteiger partial charge < -0.3 is 5.73 Å². The van der Waals surface area contributed by atoms with E-state index in [9.17, 15) is 8.42 Å². The van der Waals surface area contributed by atoms with Gasteiger partial charge in [-0.25, -0.2) is 8.42 Å². The molecule has 0 unspecified atom stereocenters. The van der Waals surface area contributed by atoms with Crippen LogP contribution in [-0.2, 0) is 10.0 Å². The minimum absolute atomic E-state index is 0.0831. The van der Waals surface area contributed by atoms with Gasteiger partial charge in [0, 0.05) is 0 Å². The standard InChI is InChI=1S/C9H6Cl2N6O2S2/c10-3-1-4(11)7(8-6(3)15-20-16-8)17-21(18,19)5-2-13-14-9(5)12/h1-2,17H,(H3,12,13,14). The second kappa shape index (κ2) is 4.98. The predicted octanol–water partition coefficient (Wildman–Crippen LogP) is 2.10. The van der Waals surface area contributed by atoms with Crippen LogP contribution in [0.5, 0.6) is 0 Å². The number of hydrogen-bond acceptors (Lipinski definition) is 7. The third-order valence-electron chi connectivity index (χ3n) is 2.60. The molecule has 0 fully saturated rings. The largest absolute Gasteiger partial charge is 0.383 e. The van der Waals surface area contributed by atoms with Crippen LogP contribution in [0.15, 0.2) is 17.2 Å². The molecule has 12 heteroatoms. The van der Waals surface area contributed by atoms with Crippen molar-refractivity contribution < 1.29 is 8.42 Å². The highest BCUT2D eigenvalue weighted by Crippen LogP contribution is 2.36. The van der Waals surface area contributed by atoms with Gasteiger partial charge >= 0.3 is 0 Å². The highest BCUT2D eigenvalue weighted by atomic mass is 35.5. The van der Waals surface area contributed by atoms with Gasteiger partial charge in [0.05, 0.1) is 33.7 Å². The molecule has 0 aliphatic carbocycles. The number of aromatic nitrogens is 4. The lowest BCUT2D eigenvalue weighted by Gasteiger charge is -2.09. The summed E-state index contributed by atoms with van der Waals surface area (Å²) in [6.07, 6.45) is 1.10. The van der Waals surface area contributed by atoms with Crippen molar-refractivity contribution in [1.82, 2.24) is 18.9 Å². The van der Waals surface area contributed by atoms with Crippen molar-refractivity contribution in [3.63, 3.8) is 0 Å². The molecule has 0 radical (unpaired) electrons. The number of halogens is 2. The molecule has 0 bridgehead atoms. The van der Waals surface area contributed by atoms with Crippen molar-refractivity contribution in [3.8, 4) is 0 Å². The fraction of sp³-hybridized carbons (Fsp3) is 0. The van der Waals surface area contributed by atoms with Gasteiger partial charge in [-0.3, -0.25) is 9.82 Å². The average molecular weight is 365 g/mol. The molecule has 0 spiro atoms. The van der Waals surface area contributed by atoms with Crippen molar-refractivity contribution in [2.45, 2.75) is 4.90 Å². The molecule has 0 saturated heterocycles. The van der Waals surface area contributed by atoms with Gasteiger partial charge in [0.25, 0.3) is 10.0 Å². The summed E-state index contributed by atoms with van der Waals surface area (Å²) in [5.41, 5.74) is 6.24. The summed E-state index contributed by atoms with van der Waals surface area (Å²) in [6.45, 7) is 0. The Morgan fingerprint density at radius 3 is 2.62 bits per heavy atom. The van der Waals surface area contributed by atoms with Crippen molar-refractivity contribution >= 4 is 67.5 Å². The zero-order valence-electron chi connectivity index (χ0n) is 9.96. The van der Waals surface area contributed by atoms with E-state index in [-0.39, 0.29) is 32.0 Å². The quantitative estimate of drug-likeness (QED) is 0.652. The van der Waals surface area contributed by atoms with Gasteiger partial charge in [-0.1, -0.05) is 23.2 Å². The van der Waals surface area contributed by atoms with Gasteiger partial charge in [0.15, 0.2) is 0 Å². The van der Waals surface area contributed by atoms with Crippen molar-refractivity contribution in [3.05, 3.63) is 22.3 Å². The van der Waals surface area contributed by atoms with Crippen LogP contribution in [0.3, 0.4) is 0 Å². The summed E-state index contributed by atoms with van der Waals surface area (Å²) in [7, 11) is -3.96. The molecule has 4 N–H and O–H groups in total. The fourth-order valence-corrected chi connectivity index (χ4v) is 3.99. The number of anilines is 2. The number of H-pyrrole nitrogens is 1. The Bertz CT molecular complexity index is 935. The summed E-state index contributed by atoms with van der Waals surface area (Å²) in [6, 6.07) is 1.39. The minimum Gasteiger partial charge on any atom is -0.383 e. The van der Waals surface area contributed by atoms with E-state index in [2.05, 4.69) is 23.7 Å². The van der Waals surface area contributed by atoms with Crippen LogP contribution < -0.4 is 10.5 Å². The Kier molecular flexibility index (Phi) is 3.40. The number of benzene rings is 1. The first-order valence-electron chi connectivity index (χ1n) is 5.32. The van der Waals surface area contributed by atoms with E-state index in [1.807, 2.05) is 0 Å². The molecular weight excluding hydrogens is 359 g/mol. The first kappa shape index (κ1) is 14.3. The van der Waals surface area contributed by atoms with E-state index in [4.69, 9.17) is 28.9 Å². The fourth-order valence-electron chi connectivity index (χ4n) is 1.66. The monoisotopic (exact) mass is 364 g/mol. The second-order valence-electron chi connectivity index (χ2n) is 3.93. The molecule has 8 nitrogen and oxygen atoms in total. The molecule has 2 aromatic heterocycles. The number of nitrogen functional groups attached to an aromatic ring is 1. The van der Waals surface area contributed by atoms with Crippen LogP contribution in [0.4, 0.5) is 11.5 Å². The molecule has 0 saturated carbocycles. The van der Waals surface area contributed by atoms with Crippen molar-refractivity contribution in [2.75, 3.05) is 10.5 Å². The lowest BCUT2D eigenvalue weighted by molar-refractivity contribution is 0.601. The second-order valence-corrected chi connectivity index (χ2v) is 6.92. The topological polar surface area (TPSA) is 127 Å². The summed E-state index contributed by atoms with van der Waals surface area (Å²) in [5.74, 6) is -0.0831. The number of nitrogens with zero attached hydrogens (tertiary/aromatic N) is 3. The third-order valence-corrected chi connectivity index (χ3v) is 5.09. The maximum absolute atomic E-state index is 12.3. The van der Waals surface area contributed by atoms with Crippen LogP contribution in [0, 0.1) is 0 Å². The van der Waals surface area contributed by atoms with Crippen LogP contribution in [-0.4, -0.2) is 27.4 Å². The summed E-state index contributed by atoms with van der Waals surface area (Å²) in [5, 5.41) is 6.30. The number of nitrogens with one attached hydrogen (secondary N) is 2. The van der Waals surface area contributed by atoms with E-state index in [1.165, 1.54) is 6.07 Å². The molecular formula is C9H6Cl2N6O2S2. The van der Waals surface area contributed by atoms with Gasteiger partial charge in [-0.15, -0.1) is 0 Å². The number of sulfonamides is 1. The highest BCUT2D eigenvalue weighted by molar-refractivity contribution is 7.93. The number of rotatable bonds is 3. The Hall–Kier alpha value is -1.62. The van der Waals surface area contributed by atoms with E-state index >= 15 is 0 Å². The maximum atomic E-state index is 12.3. The van der Waals surface area contributed by atoms with Crippen LogP contribution >= 0.6 is 34.9 Å². The summed E-state index contributed by atoms with van der Waals surface area (Å²) in [4.78, 5) is -0.190. The van der Waals surface area contributed by atoms with E-state index in [0.717, 1.165) is 17.9 Å². The molecule has 0 atom stereocenters. The molecule has 0 aliphatic rings. The zero-order valence-corrected chi connectivity index (χ0v) is 13.1. The third kappa shape index (κ3) is 2.39. The molecule has 1 aromatic carbocycles. The van der Waals surface area contributed by atoms with Gasteiger partial charge in [0.1, 0.15) is 21.7 Å². The lowest BCUT2D eigenvalue weighted by atomic mass is 10.3. The predicted molar refractivity (Wildman–Crippen MR) is 81.2 cm³/mol.